The quantitative estimate of drug-likeness (QED) is 0.857. The fourth-order valence-electron chi connectivity index (χ4n) is 2.91. The lowest BCUT2D eigenvalue weighted by Gasteiger charge is -2.32. The molecular formula is C16H20N2O. The van der Waals surface area contributed by atoms with E-state index in [0.29, 0.717) is 5.92 Å². The van der Waals surface area contributed by atoms with Gasteiger partial charge in [0.15, 0.2) is 0 Å². The highest BCUT2D eigenvalue weighted by Gasteiger charge is 2.22. The van der Waals surface area contributed by atoms with E-state index in [1.165, 1.54) is 18.4 Å². The Kier molecular flexibility index (Phi) is 3.56. The van der Waals surface area contributed by atoms with Crippen molar-refractivity contribution in [1.29, 1.82) is 0 Å². The van der Waals surface area contributed by atoms with E-state index in [1.807, 2.05) is 24.3 Å². The Labute approximate surface area is 114 Å². The molecule has 3 nitrogen and oxygen atoms in total. The number of furan rings is 1. The van der Waals surface area contributed by atoms with Crippen LogP contribution in [0.25, 0.3) is 0 Å². The molecule has 1 aliphatic heterocycles. The summed E-state index contributed by atoms with van der Waals surface area (Å²) >= 11 is 0. The SMILES string of the molecule is Nc1ccccc1C1CCN(Cc2ccco2)CC1. The van der Waals surface area contributed by atoms with Gasteiger partial charge in [0.25, 0.3) is 0 Å². The second kappa shape index (κ2) is 5.49. The van der Waals surface area contributed by atoms with Crippen molar-refractivity contribution in [2.45, 2.75) is 25.3 Å². The minimum absolute atomic E-state index is 0.606. The van der Waals surface area contributed by atoms with Crippen LogP contribution in [0.3, 0.4) is 0 Å². The first-order chi connectivity index (χ1) is 9.33. The summed E-state index contributed by atoms with van der Waals surface area (Å²) in [5, 5.41) is 0. The van der Waals surface area contributed by atoms with E-state index >= 15 is 0 Å². The summed E-state index contributed by atoms with van der Waals surface area (Å²) in [4.78, 5) is 2.45. The van der Waals surface area contributed by atoms with Crippen molar-refractivity contribution in [1.82, 2.24) is 4.90 Å². The van der Waals surface area contributed by atoms with Crippen molar-refractivity contribution in [3.05, 3.63) is 54.0 Å². The van der Waals surface area contributed by atoms with E-state index in [9.17, 15) is 0 Å². The molecule has 0 spiro atoms. The maximum atomic E-state index is 6.07. The van der Waals surface area contributed by atoms with Crippen LogP contribution in [0.5, 0.6) is 0 Å². The molecular weight excluding hydrogens is 236 g/mol. The molecule has 0 radical (unpaired) electrons. The van der Waals surface area contributed by atoms with Crippen molar-refractivity contribution in [3.63, 3.8) is 0 Å². The van der Waals surface area contributed by atoms with Crippen LogP contribution in [-0.4, -0.2) is 18.0 Å². The van der Waals surface area contributed by atoms with Gasteiger partial charge in [0.1, 0.15) is 5.76 Å². The van der Waals surface area contributed by atoms with Crippen molar-refractivity contribution in [3.8, 4) is 0 Å². The molecule has 2 heterocycles. The van der Waals surface area contributed by atoms with Crippen LogP contribution >= 0.6 is 0 Å². The molecule has 3 heteroatoms. The number of nitrogens with zero attached hydrogens (tertiary/aromatic N) is 1. The zero-order chi connectivity index (χ0) is 13.1. The minimum atomic E-state index is 0.606. The van der Waals surface area contributed by atoms with E-state index in [2.05, 4.69) is 17.0 Å². The van der Waals surface area contributed by atoms with Gasteiger partial charge in [-0.25, -0.2) is 0 Å². The number of hydrogen-bond acceptors (Lipinski definition) is 3. The Morgan fingerprint density at radius 2 is 1.89 bits per heavy atom. The number of rotatable bonds is 3. The minimum Gasteiger partial charge on any atom is -0.468 e. The first-order valence-corrected chi connectivity index (χ1v) is 6.92. The van der Waals surface area contributed by atoms with Gasteiger partial charge in [-0.2, -0.15) is 0 Å². The Morgan fingerprint density at radius 3 is 2.58 bits per heavy atom. The molecule has 0 saturated carbocycles. The van der Waals surface area contributed by atoms with Gasteiger partial charge < -0.3 is 10.2 Å². The Hall–Kier alpha value is -1.74. The van der Waals surface area contributed by atoms with Crippen LogP contribution in [0.4, 0.5) is 5.69 Å². The fraction of sp³-hybridized carbons (Fsp3) is 0.375. The molecule has 0 atom stereocenters. The third kappa shape index (κ3) is 2.82. The van der Waals surface area contributed by atoms with Crippen LogP contribution in [-0.2, 0) is 6.54 Å². The third-order valence-electron chi connectivity index (χ3n) is 3.98. The Bertz CT molecular complexity index is 513. The van der Waals surface area contributed by atoms with Crippen LogP contribution < -0.4 is 5.73 Å². The highest BCUT2D eigenvalue weighted by Crippen LogP contribution is 2.31. The van der Waals surface area contributed by atoms with Gasteiger partial charge >= 0.3 is 0 Å². The number of nitrogens with two attached hydrogens (primary N) is 1. The number of nitrogen functional groups attached to an aromatic ring is 1. The molecule has 2 N–H and O–H groups in total. The molecule has 0 amide bonds. The summed E-state index contributed by atoms with van der Waals surface area (Å²) in [6, 6.07) is 12.3. The molecule has 0 bridgehead atoms. The number of anilines is 1. The number of likely N-dealkylation sites (tertiary alicyclic amines) is 1. The predicted molar refractivity (Wildman–Crippen MR) is 76.8 cm³/mol. The standard InChI is InChI=1S/C16H20N2O/c17-16-6-2-1-5-15(16)13-7-9-18(10-8-13)12-14-4-3-11-19-14/h1-6,11,13H,7-10,12,17H2. The van der Waals surface area contributed by atoms with Crippen LogP contribution in [0.15, 0.2) is 47.1 Å². The predicted octanol–water partition coefficient (Wildman–Crippen LogP) is 3.24. The monoisotopic (exact) mass is 256 g/mol. The van der Waals surface area contributed by atoms with Crippen molar-refractivity contribution >= 4 is 5.69 Å². The van der Waals surface area contributed by atoms with E-state index in [-0.39, 0.29) is 0 Å². The summed E-state index contributed by atoms with van der Waals surface area (Å²) in [5.41, 5.74) is 8.32. The topological polar surface area (TPSA) is 42.4 Å². The number of benzene rings is 1. The number of para-hydroxylation sites is 1. The normalized spacial score (nSPS) is 17.7. The molecule has 3 rings (SSSR count). The molecule has 1 aliphatic rings. The van der Waals surface area contributed by atoms with E-state index < -0.39 is 0 Å². The largest absolute Gasteiger partial charge is 0.468 e. The summed E-state index contributed by atoms with van der Waals surface area (Å²) in [5.74, 6) is 1.66. The first-order valence-electron chi connectivity index (χ1n) is 6.92. The van der Waals surface area contributed by atoms with Gasteiger partial charge in [-0.05, 0) is 55.6 Å². The summed E-state index contributed by atoms with van der Waals surface area (Å²) in [6.45, 7) is 3.14. The second-order valence-corrected chi connectivity index (χ2v) is 5.26. The zero-order valence-electron chi connectivity index (χ0n) is 11.1. The fourth-order valence-corrected chi connectivity index (χ4v) is 2.91. The van der Waals surface area contributed by atoms with Crippen LogP contribution in [0.1, 0.15) is 30.1 Å². The van der Waals surface area contributed by atoms with E-state index in [0.717, 1.165) is 31.1 Å². The lowest BCUT2D eigenvalue weighted by atomic mass is 9.88. The van der Waals surface area contributed by atoms with Crippen molar-refractivity contribution in [2.75, 3.05) is 18.8 Å². The molecule has 0 unspecified atom stereocenters. The maximum absolute atomic E-state index is 6.07. The van der Waals surface area contributed by atoms with Gasteiger partial charge in [0.2, 0.25) is 0 Å². The average molecular weight is 256 g/mol. The molecule has 19 heavy (non-hydrogen) atoms. The Balaban J connectivity index is 1.59. The van der Waals surface area contributed by atoms with Crippen LogP contribution in [0.2, 0.25) is 0 Å². The molecule has 100 valence electrons. The molecule has 2 aromatic rings. The van der Waals surface area contributed by atoms with Gasteiger partial charge in [0, 0.05) is 5.69 Å². The van der Waals surface area contributed by atoms with E-state index in [1.54, 1.807) is 6.26 Å². The molecule has 0 aliphatic carbocycles. The highest BCUT2D eigenvalue weighted by molar-refractivity contribution is 5.48. The van der Waals surface area contributed by atoms with Gasteiger partial charge in [-0.1, -0.05) is 18.2 Å². The van der Waals surface area contributed by atoms with Crippen LogP contribution in [0, 0.1) is 0 Å². The maximum Gasteiger partial charge on any atom is 0.117 e. The smallest absolute Gasteiger partial charge is 0.117 e. The van der Waals surface area contributed by atoms with Gasteiger partial charge in [-0.3, -0.25) is 4.90 Å². The number of hydrogen-bond donors (Lipinski definition) is 1. The Morgan fingerprint density at radius 1 is 1.11 bits per heavy atom. The molecule has 1 saturated heterocycles. The molecule has 1 aromatic carbocycles. The average Bonchev–Trinajstić information content (AvgIpc) is 2.93. The first kappa shape index (κ1) is 12.3. The summed E-state index contributed by atoms with van der Waals surface area (Å²) < 4.78 is 5.41. The third-order valence-corrected chi connectivity index (χ3v) is 3.98. The van der Waals surface area contributed by atoms with Gasteiger partial charge in [0.05, 0.1) is 12.8 Å². The van der Waals surface area contributed by atoms with Gasteiger partial charge in [-0.15, -0.1) is 0 Å². The van der Waals surface area contributed by atoms with E-state index in [4.69, 9.17) is 10.2 Å². The number of piperidine rings is 1. The van der Waals surface area contributed by atoms with Crippen molar-refractivity contribution in [2.24, 2.45) is 0 Å². The molecule has 1 fully saturated rings. The summed E-state index contributed by atoms with van der Waals surface area (Å²) in [7, 11) is 0. The highest BCUT2D eigenvalue weighted by atomic mass is 16.3. The lowest BCUT2D eigenvalue weighted by Crippen LogP contribution is -2.32. The second-order valence-electron chi connectivity index (χ2n) is 5.26. The summed E-state index contributed by atoms with van der Waals surface area (Å²) in [6.07, 6.45) is 4.09. The zero-order valence-corrected chi connectivity index (χ0v) is 11.1. The lowest BCUT2D eigenvalue weighted by molar-refractivity contribution is 0.191. The van der Waals surface area contributed by atoms with Crippen molar-refractivity contribution < 1.29 is 4.42 Å². The molecule has 1 aromatic heterocycles.